The highest BCUT2D eigenvalue weighted by Crippen LogP contribution is 2.38. The smallest absolute Gasteiger partial charge is 0.370 e. The van der Waals surface area contributed by atoms with Gasteiger partial charge in [-0.25, -0.2) is 27.2 Å². The molecule has 2 saturated heterocycles. The Kier molecular flexibility index (Phi) is 8.65. The van der Waals surface area contributed by atoms with E-state index in [1.165, 1.54) is 24.4 Å². The topological polar surface area (TPSA) is 81.7 Å². The Morgan fingerprint density at radius 2 is 1.84 bits per heavy atom. The van der Waals surface area contributed by atoms with Crippen molar-refractivity contribution in [1.29, 1.82) is 0 Å². The Morgan fingerprint density at radius 3 is 2.47 bits per heavy atom. The Hall–Kier alpha value is -3.36. The van der Waals surface area contributed by atoms with Crippen molar-refractivity contribution in [2.45, 2.75) is 48.3 Å². The normalized spacial score (nSPS) is 20.3. The fourth-order valence-electron chi connectivity index (χ4n) is 6.11. The summed E-state index contributed by atoms with van der Waals surface area (Å²) in [6.07, 6.45) is 0.284. The lowest BCUT2D eigenvalue weighted by Gasteiger charge is -2.55. The van der Waals surface area contributed by atoms with Gasteiger partial charge in [-0.3, -0.25) is 9.62 Å². The first kappa shape index (κ1) is 31.1. The molecule has 3 aromatic rings. The van der Waals surface area contributed by atoms with Crippen molar-refractivity contribution in [3.05, 3.63) is 77.8 Å². The summed E-state index contributed by atoms with van der Waals surface area (Å²) in [5.74, 6) is -2.62. The number of hydrogen-bond donors (Lipinski definition) is 1. The molecule has 0 aliphatic carbocycles. The van der Waals surface area contributed by atoms with Crippen LogP contribution in [0.15, 0.2) is 59.9 Å². The Labute approximate surface area is 247 Å². The molecule has 1 aromatic heterocycles. The van der Waals surface area contributed by atoms with Crippen LogP contribution in [-0.2, 0) is 22.6 Å². The van der Waals surface area contributed by atoms with Crippen molar-refractivity contribution in [3.63, 3.8) is 0 Å². The molecule has 0 spiro atoms. The van der Waals surface area contributed by atoms with Gasteiger partial charge < -0.3 is 9.80 Å². The van der Waals surface area contributed by atoms with Crippen LogP contribution in [0.1, 0.15) is 30.4 Å². The molecule has 2 aliphatic rings. The molecule has 0 radical (unpaired) electrons. The number of nitrogens with one attached hydrogen (secondary N) is 1. The van der Waals surface area contributed by atoms with Gasteiger partial charge in [-0.1, -0.05) is 18.2 Å². The number of halogens is 5. The number of aryl methyl sites for hydroxylation is 1. The third kappa shape index (κ3) is 6.75. The Morgan fingerprint density at radius 1 is 1.12 bits per heavy atom. The fourth-order valence-corrected chi connectivity index (χ4v) is 7.23. The number of anilines is 2. The lowest BCUT2D eigenvalue weighted by molar-refractivity contribution is -0.137. The molecule has 5 rings (SSSR count). The molecular weight excluding hydrogens is 591 g/mol. The zero-order chi connectivity index (χ0) is 31.0. The highest BCUT2D eigenvalue weighted by Gasteiger charge is 2.44. The number of sulfonamides is 1. The summed E-state index contributed by atoms with van der Waals surface area (Å²) in [7, 11) is -0.615. The second kappa shape index (κ2) is 12.0. The SMILES string of the molecule is CN1CC(N(C)[C@@]2(CCc3cccc(C(F)(F)F)c3)CCCN(c3cc(F)c(S(=O)(=O)Nc4ccncn4)c(F)c3)C2)C1. The number of hydrogen-bond acceptors (Lipinski definition) is 7. The van der Waals surface area contributed by atoms with Gasteiger partial charge in [0.05, 0.1) is 5.56 Å². The van der Waals surface area contributed by atoms with Crippen molar-refractivity contribution in [3.8, 4) is 0 Å². The predicted octanol–water partition coefficient (Wildman–Crippen LogP) is 4.79. The van der Waals surface area contributed by atoms with Crippen LogP contribution in [-0.4, -0.2) is 80.0 Å². The van der Waals surface area contributed by atoms with E-state index in [0.717, 1.165) is 44.0 Å². The van der Waals surface area contributed by atoms with Gasteiger partial charge in [-0.2, -0.15) is 13.2 Å². The number of aromatic nitrogens is 2. The molecule has 8 nitrogen and oxygen atoms in total. The van der Waals surface area contributed by atoms with E-state index in [2.05, 4.69) is 24.5 Å². The van der Waals surface area contributed by atoms with Gasteiger partial charge in [0, 0.05) is 49.6 Å². The van der Waals surface area contributed by atoms with Crippen LogP contribution in [0.25, 0.3) is 0 Å². The van der Waals surface area contributed by atoms with E-state index < -0.39 is 43.8 Å². The molecule has 0 saturated carbocycles. The van der Waals surface area contributed by atoms with E-state index in [0.29, 0.717) is 37.9 Å². The largest absolute Gasteiger partial charge is 0.416 e. The van der Waals surface area contributed by atoms with Crippen LogP contribution in [0.3, 0.4) is 0 Å². The molecule has 43 heavy (non-hydrogen) atoms. The molecule has 0 bridgehead atoms. The van der Waals surface area contributed by atoms with Gasteiger partial charge in [0.2, 0.25) is 0 Å². The second-order valence-corrected chi connectivity index (χ2v) is 13.0. The molecule has 232 valence electrons. The van der Waals surface area contributed by atoms with E-state index in [1.807, 2.05) is 19.0 Å². The van der Waals surface area contributed by atoms with Crippen LogP contribution < -0.4 is 9.62 Å². The first-order valence-corrected chi connectivity index (χ1v) is 15.4. The lowest BCUT2D eigenvalue weighted by Crippen LogP contribution is -2.67. The molecule has 2 fully saturated rings. The zero-order valence-electron chi connectivity index (χ0n) is 23.8. The quantitative estimate of drug-likeness (QED) is 0.343. The zero-order valence-corrected chi connectivity index (χ0v) is 24.6. The van der Waals surface area contributed by atoms with Gasteiger partial charge in [0.15, 0.2) is 4.90 Å². The molecule has 1 atom stereocenters. The minimum atomic E-state index is -4.63. The van der Waals surface area contributed by atoms with Crippen LogP contribution in [0.4, 0.5) is 33.5 Å². The fraction of sp³-hybridized carbons (Fsp3) is 0.448. The van der Waals surface area contributed by atoms with Gasteiger partial charge in [0.1, 0.15) is 23.8 Å². The number of benzene rings is 2. The third-order valence-corrected chi connectivity index (χ3v) is 9.87. The van der Waals surface area contributed by atoms with Crippen LogP contribution in [0.5, 0.6) is 0 Å². The maximum absolute atomic E-state index is 15.3. The highest BCUT2D eigenvalue weighted by atomic mass is 32.2. The summed E-state index contributed by atoms with van der Waals surface area (Å²) >= 11 is 0. The van der Waals surface area contributed by atoms with Crippen molar-refractivity contribution in [2.75, 3.05) is 49.9 Å². The molecule has 3 heterocycles. The summed E-state index contributed by atoms with van der Waals surface area (Å²) in [5.41, 5.74) is -0.440. The van der Waals surface area contributed by atoms with Crippen molar-refractivity contribution in [1.82, 2.24) is 19.8 Å². The number of likely N-dealkylation sites (N-methyl/N-ethyl adjacent to an activating group) is 2. The third-order valence-electron chi connectivity index (χ3n) is 8.47. The minimum Gasteiger partial charge on any atom is -0.370 e. The Bertz CT molecular complexity index is 1530. The van der Waals surface area contributed by atoms with Gasteiger partial charge in [-0.15, -0.1) is 0 Å². The number of nitrogens with zero attached hydrogens (tertiary/aromatic N) is 5. The predicted molar refractivity (Wildman–Crippen MR) is 152 cm³/mol. The van der Waals surface area contributed by atoms with Crippen molar-refractivity contribution in [2.24, 2.45) is 0 Å². The van der Waals surface area contributed by atoms with E-state index in [4.69, 9.17) is 0 Å². The van der Waals surface area contributed by atoms with Crippen molar-refractivity contribution >= 4 is 21.5 Å². The van der Waals surface area contributed by atoms with Crippen LogP contribution in [0.2, 0.25) is 0 Å². The molecule has 0 unspecified atom stereocenters. The number of alkyl halides is 3. The first-order chi connectivity index (χ1) is 20.3. The Balaban J connectivity index is 1.41. The number of likely N-dealkylation sites (tertiary alicyclic amines) is 1. The van der Waals surface area contributed by atoms with E-state index in [9.17, 15) is 21.6 Å². The second-order valence-electron chi connectivity index (χ2n) is 11.4. The monoisotopic (exact) mass is 624 g/mol. The van der Waals surface area contributed by atoms with Gasteiger partial charge in [0.25, 0.3) is 10.0 Å². The summed E-state index contributed by atoms with van der Waals surface area (Å²) < 4.78 is 98.4. The number of rotatable bonds is 9. The van der Waals surface area contributed by atoms with E-state index >= 15 is 8.78 Å². The van der Waals surface area contributed by atoms with Gasteiger partial charge >= 0.3 is 6.18 Å². The summed E-state index contributed by atoms with van der Waals surface area (Å²) in [4.78, 5) is 12.6. The first-order valence-electron chi connectivity index (χ1n) is 13.9. The summed E-state index contributed by atoms with van der Waals surface area (Å²) in [6, 6.07) is 8.81. The molecule has 2 aromatic carbocycles. The van der Waals surface area contributed by atoms with E-state index in [1.54, 1.807) is 6.07 Å². The average Bonchev–Trinajstić information content (AvgIpc) is 2.93. The van der Waals surface area contributed by atoms with E-state index in [-0.39, 0.29) is 17.5 Å². The number of piperidine rings is 1. The summed E-state index contributed by atoms with van der Waals surface area (Å²) in [6.45, 7) is 2.51. The summed E-state index contributed by atoms with van der Waals surface area (Å²) in [5, 5.41) is 0. The molecule has 1 N–H and O–H groups in total. The highest BCUT2D eigenvalue weighted by molar-refractivity contribution is 7.92. The van der Waals surface area contributed by atoms with Crippen molar-refractivity contribution < 1.29 is 30.4 Å². The molecule has 14 heteroatoms. The van der Waals surface area contributed by atoms with Crippen LogP contribution >= 0.6 is 0 Å². The molecule has 0 amide bonds. The standard InChI is InChI=1S/C29H33F5N6O2S/c1-38-16-23(17-38)39(2)28(10-7-20-5-3-6-21(13-20)29(32,33)34)9-4-12-40(18-28)22-14-24(30)27(25(31)15-22)43(41,42)37-26-8-11-35-19-36-26/h3,5-6,8,11,13-15,19,23H,4,7,9-10,12,16-18H2,1-2H3,(H,35,36,37)/t28-/m1/s1. The molecular formula is C29H33F5N6O2S. The maximum atomic E-state index is 15.3. The average molecular weight is 625 g/mol. The molecule has 2 aliphatic heterocycles. The minimum absolute atomic E-state index is 0.135. The van der Waals surface area contributed by atoms with Crippen LogP contribution in [0, 0.1) is 11.6 Å². The maximum Gasteiger partial charge on any atom is 0.416 e. The van der Waals surface area contributed by atoms with Gasteiger partial charge in [-0.05, 0) is 69.6 Å². The lowest BCUT2D eigenvalue weighted by atomic mass is 9.80.